The second-order valence-electron chi connectivity index (χ2n) is 4.99. The van der Waals surface area contributed by atoms with Gasteiger partial charge in [-0.05, 0) is 55.8 Å². The Bertz CT molecular complexity index is 761. The van der Waals surface area contributed by atoms with Crippen molar-refractivity contribution in [2.45, 2.75) is 13.8 Å². The summed E-state index contributed by atoms with van der Waals surface area (Å²) in [7, 11) is 0. The topological polar surface area (TPSA) is 55.4 Å². The number of halogens is 2. The van der Waals surface area contributed by atoms with Gasteiger partial charge in [-0.2, -0.15) is 0 Å². The number of rotatable bonds is 5. The first-order valence-corrected chi connectivity index (χ1v) is 8.03. The maximum absolute atomic E-state index is 12.0. The van der Waals surface area contributed by atoms with Crippen molar-refractivity contribution in [3.8, 4) is 5.75 Å². The molecule has 2 aromatic rings. The molecular formula is C17H15BrClNO3. The smallest absolute Gasteiger partial charge is 0.262 e. The number of ketones is 1. The summed E-state index contributed by atoms with van der Waals surface area (Å²) in [4.78, 5) is 23.6. The van der Waals surface area contributed by atoms with Crippen LogP contribution in [0.15, 0.2) is 40.9 Å². The van der Waals surface area contributed by atoms with Gasteiger partial charge in [0.2, 0.25) is 0 Å². The van der Waals surface area contributed by atoms with Crippen LogP contribution in [0.4, 0.5) is 5.69 Å². The summed E-state index contributed by atoms with van der Waals surface area (Å²) < 4.78 is 6.39. The van der Waals surface area contributed by atoms with Crippen LogP contribution >= 0.6 is 27.5 Å². The highest BCUT2D eigenvalue weighted by Crippen LogP contribution is 2.24. The van der Waals surface area contributed by atoms with E-state index in [1.807, 2.05) is 19.1 Å². The Morgan fingerprint density at radius 2 is 1.96 bits per heavy atom. The van der Waals surface area contributed by atoms with E-state index in [4.69, 9.17) is 16.3 Å². The summed E-state index contributed by atoms with van der Waals surface area (Å²) in [5.74, 6) is -0.142. The third-order valence-electron chi connectivity index (χ3n) is 3.14. The van der Waals surface area contributed by atoms with E-state index in [0.717, 1.165) is 10.0 Å². The van der Waals surface area contributed by atoms with Crippen LogP contribution in [0.25, 0.3) is 0 Å². The molecule has 23 heavy (non-hydrogen) atoms. The van der Waals surface area contributed by atoms with Crippen molar-refractivity contribution in [1.29, 1.82) is 0 Å². The van der Waals surface area contributed by atoms with Crippen molar-refractivity contribution >= 4 is 44.9 Å². The second kappa shape index (κ2) is 7.62. The SMILES string of the molecule is CC(=O)c1cc(Cl)ccc1OCC(=O)Nc1ccc(Br)cc1C. The Balaban J connectivity index is 2.03. The number of nitrogens with one attached hydrogen (secondary N) is 1. The van der Waals surface area contributed by atoms with Crippen molar-refractivity contribution in [1.82, 2.24) is 0 Å². The lowest BCUT2D eigenvalue weighted by Gasteiger charge is -2.12. The third kappa shape index (κ3) is 4.81. The molecule has 120 valence electrons. The molecule has 0 heterocycles. The summed E-state index contributed by atoms with van der Waals surface area (Å²) in [5, 5.41) is 3.21. The van der Waals surface area contributed by atoms with E-state index in [1.165, 1.54) is 13.0 Å². The summed E-state index contributed by atoms with van der Waals surface area (Å²) in [6.07, 6.45) is 0. The molecular weight excluding hydrogens is 382 g/mol. The average molecular weight is 397 g/mol. The van der Waals surface area contributed by atoms with Crippen LogP contribution in [0.3, 0.4) is 0 Å². The molecule has 4 nitrogen and oxygen atoms in total. The van der Waals surface area contributed by atoms with Gasteiger partial charge in [-0.25, -0.2) is 0 Å². The van der Waals surface area contributed by atoms with Gasteiger partial charge < -0.3 is 10.1 Å². The lowest BCUT2D eigenvalue weighted by molar-refractivity contribution is -0.118. The van der Waals surface area contributed by atoms with Crippen LogP contribution in [0.1, 0.15) is 22.8 Å². The zero-order valence-electron chi connectivity index (χ0n) is 12.7. The first-order chi connectivity index (χ1) is 10.9. The van der Waals surface area contributed by atoms with E-state index in [1.54, 1.807) is 18.2 Å². The molecule has 0 aliphatic rings. The Morgan fingerprint density at radius 1 is 1.22 bits per heavy atom. The van der Waals surface area contributed by atoms with E-state index in [-0.39, 0.29) is 18.3 Å². The molecule has 0 unspecified atom stereocenters. The molecule has 6 heteroatoms. The molecule has 0 aliphatic heterocycles. The normalized spacial score (nSPS) is 10.3. The molecule has 0 spiro atoms. The van der Waals surface area contributed by atoms with Gasteiger partial charge in [0.05, 0.1) is 5.56 Å². The van der Waals surface area contributed by atoms with Crippen LogP contribution in [0.5, 0.6) is 5.75 Å². The van der Waals surface area contributed by atoms with E-state index in [2.05, 4.69) is 21.2 Å². The monoisotopic (exact) mass is 395 g/mol. The number of benzene rings is 2. The molecule has 0 aliphatic carbocycles. The van der Waals surface area contributed by atoms with Crippen LogP contribution in [0.2, 0.25) is 5.02 Å². The highest BCUT2D eigenvalue weighted by atomic mass is 79.9. The fraction of sp³-hybridized carbons (Fsp3) is 0.176. The lowest BCUT2D eigenvalue weighted by atomic mass is 10.1. The Kier molecular flexibility index (Phi) is 5.80. The van der Waals surface area contributed by atoms with Gasteiger partial charge in [0.1, 0.15) is 5.75 Å². The number of amides is 1. The van der Waals surface area contributed by atoms with Gasteiger partial charge in [0, 0.05) is 15.2 Å². The fourth-order valence-electron chi connectivity index (χ4n) is 2.00. The van der Waals surface area contributed by atoms with Crippen LogP contribution in [-0.2, 0) is 4.79 Å². The van der Waals surface area contributed by atoms with Crippen LogP contribution in [0, 0.1) is 6.92 Å². The zero-order valence-corrected chi connectivity index (χ0v) is 15.0. The molecule has 1 amide bonds. The number of Topliss-reactive ketones (excluding diaryl/α,β-unsaturated/α-hetero) is 1. The first-order valence-electron chi connectivity index (χ1n) is 6.86. The van der Waals surface area contributed by atoms with Crippen molar-refractivity contribution < 1.29 is 14.3 Å². The predicted octanol–water partition coefficient (Wildman–Crippen LogP) is 4.63. The standard InChI is InChI=1S/C17H15BrClNO3/c1-10-7-12(18)3-5-15(10)20-17(22)9-23-16-6-4-13(19)8-14(16)11(2)21/h3-8H,9H2,1-2H3,(H,20,22). The number of anilines is 1. The molecule has 1 N–H and O–H groups in total. The molecule has 2 rings (SSSR count). The Hall–Kier alpha value is -1.85. The van der Waals surface area contributed by atoms with Gasteiger partial charge in [0.15, 0.2) is 12.4 Å². The lowest BCUT2D eigenvalue weighted by Crippen LogP contribution is -2.21. The summed E-state index contributed by atoms with van der Waals surface area (Å²) >= 11 is 9.24. The Labute approximate surface area is 147 Å². The van der Waals surface area contributed by atoms with Gasteiger partial charge in [-0.1, -0.05) is 27.5 Å². The number of carbonyl (C=O) groups is 2. The van der Waals surface area contributed by atoms with Gasteiger partial charge >= 0.3 is 0 Å². The average Bonchev–Trinajstić information content (AvgIpc) is 2.48. The molecule has 0 fully saturated rings. The van der Waals surface area contributed by atoms with Crippen molar-refractivity contribution in [2.24, 2.45) is 0 Å². The van der Waals surface area contributed by atoms with Gasteiger partial charge in [0.25, 0.3) is 5.91 Å². The van der Waals surface area contributed by atoms with Crippen LogP contribution in [-0.4, -0.2) is 18.3 Å². The zero-order chi connectivity index (χ0) is 17.0. The maximum Gasteiger partial charge on any atom is 0.262 e. The van der Waals surface area contributed by atoms with Crippen molar-refractivity contribution in [3.05, 3.63) is 57.0 Å². The van der Waals surface area contributed by atoms with Crippen molar-refractivity contribution in [2.75, 3.05) is 11.9 Å². The summed E-state index contributed by atoms with van der Waals surface area (Å²) in [6, 6.07) is 10.3. The minimum Gasteiger partial charge on any atom is -0.483 e. The number of hydrogen-bond acceptors (Lipinski definition) is 3. The van der Waals surface area contributed by atoms with Gasteiger partial charge in [-0.3, -0.25) is 9.59 Å². The molecule has 0 saturated heterocycles. The second-order valence-corrected chi connectivity index (χ2v) is 6.34. The van der Waals surface area contributed by atoms with E-state index in [9.17, 15) is 9.59 Å². The summed E-state index contributed by atoms with van der Waals surface area (Å²) in [5.41, 5.74) is 2.00. The highest BCUT2D eigenvalue weighted by molar-refractivity contribution is 9.10. The largest absolute Gasteiger partial charge is 0.483 e. The number of hydrogen-bond donors (Lipinski definition) is 1. The molecule has 0 saturated carbocycles. The molecule has 0 bridgehead atoms. The highest BCUT2D eigenvalue weighted by Gasteiger charge is 2.12. The quantitative estimate of drug-likeness (QED) is 0.750. The third-order valence-corrected chi connectivity index (χ3v) is 3.87. The maximum atomic E-state index is 12.0. The van der Waals surface area contributed by atoms with Crippen LogP contribution < -0.4 is 10.1 Å². The predicted molar refractivity (Wildman–Crippen MR) is 94.5 cm³/mol. The van der Waals surface area contributed by atoms with E-state index < -0.39 is 0 Å². The number of carbonyl (C=O) groups excluding carboxylic acids is 2. The molecule has 2 aromatic carbocycles. The Morgan fingerprint density at radius 3 is 2.61 bits per heavy atom. The first kappa shape index (κ1) is 17.5. The fourth-order valence-corrected chi connectivity index (χ4v) is 2.65. The van der Waals surface area contributed by atoms with E-state index in [0.29, 0.717) is 22.0 Å². The molecule has 0 aromatic heterocycles. The van der Waals surface area contributed by atoms with Gasteiger partial charge in [-0.15, -0.1) is 0 Å². The molecule has 0 atom stereocenters. The van der Waals surface area contributed by atoms with E-state index >= 15 is 0 Å². The number of aryl methyl sites for hydroxylation is 1. The summed E-state index contributed by atoms with van der Waals surface area (Å²) in [6.45, 7) is 3.12. The van der Waals surface area contributed by atoms with Crippen molar-refractivity contribution in [3.63, 3.8) is 0 Å². The minimum atomic E-state index is -0.306. The molecule has 0 radical (unpaired) electrons. The minimum absolute atomic E-state index is 0.174. The number of ether oxygens (including phenoxy) is 1.